The van der Waals surface area contributed by atoms with Gasteiger partial charge >= 0.3 is 0 Å². The van der Waals surface area contributed by atoms with E-state index in [1.54, 1.807) is 6.92 Å². The van der Waals surface area contributed by atoms with Crippen molar-refractivity contribution in [3.05, 3.63) is 21.7 Å². The molecule has 0 radical (unpaired) electrons. The van der Waals surface area contributed by atoms with Crippen LogP contribution in [0.2, 0.25) is 0 Å². The van der Waals surface area contributed by atoms with Gasteiger partial charge in [-0.2, -0.15) is 9.50 Å². The molecule has 3 N–H and O–H groups in total. The Morgan fingerprint density at radius 1 is 1.53 bits per heavy atom. The maximum Gasteiger partial charge on any atom is 0.257 e. The maximum atomic E-state index is 11.6. The van der Waals surface area contributed by atoms with Gasteiger partial charge in [-0.1, -0.05) is 13.3 Å². The Morgan fingerprint density at radius 2 is 2.27 bits per heavy atom. The molecule has 6 heteroatoms. The number of aryl methyl sites for hydroxylation is 1. The number of anilines is 1. The zero-order chi connectivity index (χ0) is 11.0. The van der Waals surface area contributed by atoms with E-state index in [2.05, 4.69) is 15.1 Å². The highest BCUT2D eigenvalue weighted by molar-refractivity contribution is 5.45. The molecule has 0 atom stereocenters. The van der Waals surface area contributed by atoms with Gasteiger partial charge in [0.2, 0.25) is 5.78 Å². The van der Waals surface area contributed by atoms with Crippen LogP contribution in [-0.4, -0.2) is 19.6 Å². The lowest BCUT2D eigenvalue weighted by molar-refractivity contribution is 0.855. The van der Waals surface area contributed by atoms with Crippen LogP contribution in [0.15, 0.2) is 4.79 Å². The van der Waals surface area contributed by atoms with Crippen molar-refractivity contribution >= 4 is 11.6 Å². The summed E-state index contributed by atoms with van der Waals surface area (Å²) in [6, 6.07) is 0. The Hall–Kier alpha value is -1.85. The molecule has 0 saturated carbocycles. The van der Waals surface area contributed by atoms with E-state index in [0.717, 1.165) is 6.42 Å². The van der Waals surface area contributed by atoms with Crippen LogP contribution in [0.25, 0.3) is 5.78 Å². The molecule has 0 unspecified atom stereocenters. The highest BCUT2D eigenvalue weighted by Crippen LogP contribution is 2.09. The van der Waals surface area contributed by atoms with Gasteiger partial charge in [-0.25, -0.2) is 0 Å². The second kappa shape index (κ2) is 3.38. The molecule has 0 aliphatic carbocycles. The average molecular weight is 207 g/mol. The minimum Gasteiger partial charge on any atom is -0.383 e. The molecule has 0 amide bonds. The highest BCUT2D eigenvalue weighted by atomic mass is 16.1. The molecular weight excluding hydrogens is 194 g/mol. The van der Waals surface area contributed by atoms with Crippen LogP contribution in [-0.2, 0) is 6.42 Å². The molecule has 2 rings (SSSR count). The topological polar surface area (TPSA) is 89.1 Å². The lowest BCUT2D eigenvalue weighted by Gasteiger charge is -2.03. The maximum absolute atomic E-state index is 11.6. The average Bonchev–Trinajstić information content (AvgIpc) is 2.53. The van der Waals surface area contributed by atoms with Crippen LogP contribution in [0.4, 0.5) is 5.82 Å². The first-order chi connectivity index (χ1) is 7.13. The number of H-pyrrole nitrogens is 1. The van der Waals surface area contributed by atoms with Gasteiger partial charge in [-0.3, -0.25) is 9.78 Å². The van der Waals surface area contributed by atoms with E-state index in [4.69, 9.17) is 5.73 Å². The molecule has 0 saturated heterocycles. The molecule has 0 fully saturated rings. The quantitative estimate of drug-likeness (QED) is 0.739. The largest absolute Gasteiger partial charge is 0.383 e. The van der Waals surface area contributed by atoms with Gasteiger partial charge < -0.3 is 5.73 Å². The summed E-state index contributed by atoms with van der Waals surface area (Å²) in [5.41, 5.74) is 6.27. The van der Waals surface area contributed by atoms with Crippen molar-refractivity contribution in [3.63, 3.8) is 0 Å². The first-order valence-electron chi connectivity index (χ1n) is 4.87. The zero-order valence-corrected chi connectivity index (χ0v) is 8.74. The predicted molar refractivity (Wildman–Crippen MR) is 56.8 cm³/mol. The van der Waals surface area contributed by atoms with E-state index < -0.39 is 0 Å². The van der Waals surface area contributed by atoms with Crippen molar-refractivity contribution in [2.75, 3.05) is 5.73 Å². The van der Waals surface area contributed by atoms with Gasteiger partial charge in [0.25, 0.3) is 5.56 Å². The molecule has 0 bridgehead atoms. The molecule has 0 aromatic carbocycles. The van der Waals surface area contributed by atoms with Crippen LogP contribution in [0.3, 0.4) is 0 Å². The lowest BCUT2D eigenvalue weighted by Crippen LogP contribution is -2.19. The number of nitrogens with zero attached hydrogens (tertiary/aromatic N) is 3. The summed E-state index contributed by atoms with van der Waals surface area (Å²) in [7, 11) is 0. The first kappa shape index (κ1) is 9.70. The number of hydrogen-bond donors (Lipinski definition) is 2. The number of fused-ring (bicyclic) bond motifs is 1. The van der Waals surface area contributed by atoms with Gasteiger partial charge in [0, 0.05) is 0 Å². The van der Waals surface area contributed by atoms with Gasteiger partial charge in [-0.05, 0) is 13.3 Å². The molecule has 0 aliphatic heterocycles. The molecule has 0 aliphatic rings. The number of nitrogen functional groups attached to an aromatic ring is 1. The normalized spacial score (nSPS) is 11.1. The Bertz CT molecular complexity index is 553. The summed E-state index contributed by atoms with van der Waals surface area (Å²) in [4.78, 5) is 18.3. The molecule has 2 aromatic rings. The van der Waals surface area contributed by atoms with Crippen molar-refractivity contribution < 1.29 is 0 Å². The Kier molecular flexibility index (Phi) is 2.18. The van der Waals surface area contributed by atoms with Gasteiger partial charge in [-0.15, -0.1) is 5.10 Å². The number of hydrogen-bond acceptors (Lipinski definition) is 4. The van der Waals surface area contributed by atoms with Crippen LogP contribution in [0.1, 0.15) is 24.7 Å². The highest BCUT2D eigenvalue weighted by Gasteiger charge is 2.11. The number of aromatic amines is 1. The number of nitrogens with one attached hydrogen (secondary N) is 1. The van der Waals surface area contributed by atoms with Crippen molar-refractivity contribution in [1.29, 1.82) is 0 Å². The molecule has 2 aromatic heterocycles. The van der Waals surface area contributed by atoms with E-state index in [9.17, 15) is 4.79 Å². The third-order valence-corrected chi connectivity index (χ3v) is 2.25. The Morgan fingerprint density at radius 3 is 2.93 bits per heavy atom. The molecule has 6 nitrogen and oxygen atoms in total. The van der Waals surface area contributed by atoms with Crippen molar-refractivity contribution in [2.45, 2.75) is 26.7 Å². The van der Waals surface area contributed by atoms with Crippen LogP contribution >= 0.6 is 0 Å². The molecule has 0 spiro atoms. The van der Waals surface area contributed by atoms with Crippen molar-refractivity contribution in [3.8, 4) is 0 Å². The fourth-order valence-corrected chi connectivity index (χ4v) is 1.58. The predicted octanol–water partition coefficient (Wildman–Crippen LogP) is 0.261. The smallest absolute Gasteiger partial charge is 0.257 e. The van der Waals surface area contributed by atoms with Crippen molar-refractivity contribution in [2.24, 2.45) is 0 Å². The van der Waals surface area contributed by atoms with Gasteiger partial charge in [0.15, 0.2) is 0 Å². The third-order valence-electron chi connectivity index (χ3n) is 2.25. The van der Waals surface area contributed by atoms with Crippen LogP contribution in [0.5, 0.6) is 0 Å². The van der Waals surface area contributed by atoms with Gasteiger partial charge in [0.05, 0.1) is 5.56 Å². The zero-order valence-electron chi connectivity index (χ0n) is 8.74. The minimum absolute atomic E-state index is 0.172. The summed E-state index contributed by atoms with van der Waals surface area (Å²) >= 11 is 0. The summed E-state index contributed by atoms with van der Waals surface area (Å²) in [6.45, 7) is 3.75. The monoisotopic (exact) mass is 207 g/mol. The SMILES string of the molecule is CCCc1c(N)n2nc(C)nc2[nH]c1=O. The molecule has 15 heavy (non-hydrogen) atoms. The summed E-state index contributed by atoms with van der Waals surface area (Å²) in [6.07, 6.45) is 1.52. The van der Waals surface area contributed by atoms with Crippen LogP contribution in [0, 0.1) is 6.92 Å². The van der Waals surface area contributed by atoms with E-state index in [0.29, 0.717) is 29.4 Å². The number of rotatable bonds is 2. The Balaban J connectivity index is 2.77. The summed E-state index contributed by atoms with van der Waals surface area (Å²) in [5.74, 6) is 1.37. The summed E-state index contributed by atoms with van der Waals surface area (Å²) < 4.78 is 1.47. The Labute approximate surface area is 86.1 Å². The minimum atomic E-state index is -0.172. The molecule has 80 valence electrons. The number of nitrogens with two attached hydrogens (primary N) is 1. The second-order valence-corrected chi connectivity index (χ2v) is 3.46. The molecule has 2 heterocycles. The lowest BCUT2D eigenvalue weighted by atomic mass is 10.2. The fraction of sp³-hybridized carbons (Fsp3) is 0.444. The molecular formula is C9H13N5O. The van der Waals surface area contributed by atoms with E-state index in [1.807, 2.05) is 6.92 Å². The van der Waals surface area contributed by atoms with Crippen molar-refractivity contribution in [1.82, 2.24) is 19.6 Å². The second-order valence-electron chi connectivity index (χ2n) is 3.46. The van der Waals surface area contributed by atoms with Gasteiger partial charge in [0.1, 0.15) is 11.6 Å². The van der Waals surface area contributed by atoms with Crippen LogP contribution < -0.4 is 11.3 Å². The first-order valence-corrected chi connectivity index (χ1v) is 4.87. The third kappa shape index (κ3) is 1.47. The van der Waals surface area contributed by atoms with E-state index in [-0.39, 0.29) is 5.56 Å². The van der Waals surface area contributed by atoms with E-state index >= 15 is 0 Å². The summed E-state index contributed by atoms with van der Waals surface area (Å²) in [5, 5.41) is 4.11. The standard InChI is InChI=1S/C9H13N5O/c1-3-4-6-7(10)14-9(12-8(6)15)11-5(2)13-14/h3-4,10H2,1-2H3,(H,11,12,13,15). The fourth-order valence-electron chi connectivity index (χ4n) is 1.58. The van der Waals surface area contributed by atoms with E-state index in [1.165, 1.54) is 4.52 Å². The number of aromatic nitrogens is 4.